The van der Waals surface area contributed by atoms with E-state index in [1.807, 2.05) is 0 Å². The van der Waals surface area contributed by atoms with Crippen molar-refractivity contribution in [2.24, 2.45) is 0 Å². The minimum atomic E-state index is 1.16. The van der Waals surface area contributed by atoms with E-state index in [0.717, 1.165) is 5.52 Å². The molecule has 0 aliphatic carbocycles. The summed E-state index contributed by atoms with van der Waals surface area (Å²) in [6, 6.07) is 62.7. The van der Waals surface area contributed by atoms with Gasteiger partial charge in [-0.1, -0.05) is 152 Å². The second-order valence-electron chi connectivity index (χ2n) is 13.3. The highest BCUT2D eigenvalue weighted by atomic mass is 14.7. The Morgan fingerprint density at radius 3 is 1.43 bits per heavy atom. The number of benzene rings is 10. The van der Waals surface area contributed by atoms with Gasteiger partial charge in [0.1, 0.15) is 0 Å². The maximum Gasteiger partial charge on any atom is 0.0551 e. The lowest BCUT2D eigenvalue weighted by Gasteiger charge is -2.19. The fraction of sp³-hybridized carbons (Fsp3) is 0. The van der Waals surface area contributed by atoms with Crippen molar-refractivity contribution in [3.8, 4) is 22.3 Å². The molecule has 1 N–H and O–H groups in total. The largest absolute Gasteiger partial charge is 0.354 e. The summed E-state index contributed by atoms with van der Waals surface area (Å²) in [5, 5.41) is 17.9. The Hall–Kier alpha value is -6.44. The minimum absolute atomic E-state index is 1.16. The van der Waals surface area contributed by atoms with E-state index in [4.69, 9.17) is 0 Å². The molecule has 11 aromatic rings. The van der Waals surface area contributed by atoms with Crippen LogP contribution < -0.4 is 0 Å². The Kier molecular flexibility index (Phi) is 5.45. The molecule has 0 radical (unpaired) electrons. The van der Waals surface area contributed by atoms with Crippen LogP contribution in [0.5, 0.6) is 0 Å². The Balaban J connectivity index is 1.27. The second kappa shape index (κ2) is 10.0. The SMILES string of the molecule is c1ccc2c(c1)cc(-c1c3ccccc3c(-c3ccc4[nH]c5c6ccccc6c6ccccc6c5c4c3)c3ccccc13)c1ccccc12. The average molecular weight is 620 g/mol. The van der Waals surface area contributed by atoms with Crippen LogP contribution in [0.4, 0.5) is 0 Å². The topological polar surface area (TPSA) is 15.8 Å². The van der Waals surface area contributed by atoms with Crippen LogP contribution in [0.25, 0.3) is 109 Å². The van der Waals surface area contributed by atoms with Crippen LogP contribution in [0.1, 0.15) is 0 Å². The molecular formula is C48H29N. The molecule has 0 amide bonds. The zero-order chi connectivity index (χ0) is 32.1. The van der Waals surface area contributed by atoms with Crippen LogP contribution in [0.2, 0.25) is 0 Å². The van der Waals surface area contributed by atoms with Crippen molar-refractivity contribution in [1.82, 2.24) is 4.98 Å². The molecule has 0 atom stereocenters. The van der Waals surface area contributed by atoms with Crippen molar-refractivity contribution < 1.29 is 0 Å². The maximum atomic E-state index is 3.83. The maximum absolute atomic E-state index is 3.83. The molecular weight excluding hydrogens is 591 g/mol. The van der Waals surface area contributed by atoms with Crippen LogP contribution in [0, 0.1) is 0 Å². The number of hydrogen-bond acceptors (Lipinski definition) is 0. The molecule has 0 saturated carbocycles. The molecule has 1 aromatic heterocycles. The van der Waals surface area contributed by atoms with Crippen molar-refractivity contribution in [1.29, 1.82) is 0 Å². The van der Waals surface area contributed by atoms with Crippen LogP contribution >= 0.6 is 0 Å². The Labute approximate surface area is 282 Å². The third-order valence-electron chi connectivity index (χ3n) is 10.7. The van der Waals surface area contributed by atoms with Crippen LogP contribution in [-0.2, 0) is 0 Å². The fourth-order valence-electron chi connectivity index (χ4n) is 8.69. The summed E-state index contributed by atoms with van der Waals surface area (Å²) in [5.41, 5.74) is 7.44. The third-order valence-corrected chi connectivity index (χ3v) is 10.7. The number of H-pyrrole nitrogens is 1. The number of fused-ring (bicyclic) bond motifs is 13. The summed E-state index contributed by atoms with van der Waals surface area (Å²) in [7, 11) is 0. The first-order valence-electron chi connectivity index (χ1n) is 17.0. The van der Waals surface area contributed by atoms with Crippen LogP contribution in [-0.4, -0.2) is 4.98 Å². The third kappa shape index (κ3) is 3.70. The zero-order valence-corrected chi connectivity index (χ0v) is 26.7. The molecule has 0 aliphatic rings. The lowest BCUT2D eigenvalue weighted by atomic mass is 9.83. The van der Waals surface area contributed by atoms with E-state index in [9.17, 15) is 0 Å². The van der Waals surface area contributed by atoms with Gasteiger partial charge in [0.15, 0.2) is 0 Å². The highest BCUT2D eigenvalue weighted by Crippen LogP contribution is 2.47. The number of rotatable bonds is 2. The molecule has 0 bridgehead atoms. The second-order valence-corrected chi connectivity index (χ2v) is 13.3. The molecule has 0 spiro atoms. The van der Waals surface area contributed by atoms with Crippen molar-refractivity contribution in [3.05, 3.63) is 170 Å². The first-order chi connectivity index (χ1) is 24.3. The number of aromatic amines is 1. The summed E-state index contributed by atoms with van der Waals surface area (Å²) in [4.78, 5) is 3.83. The molecule has 0 fully saturated rings. The van der Waals surface area contributed by atoms with Gasteiger partial charge in [0.25, 0.3) is 0 Å². The van der Waals surface area contributed by atoms with Crippen molar-refractivity contribution in [3.63, 3.8) is 0 Å². The molecule has 1 nitrogen and oxygen atoms in total. The number of nitrogens with one attached hydrogen (secondary N) is 1. The minimum Gasteiger partial charge on any atom is -0.354 e. The smallest absolute Gasteiger partial charge is 0.0551 e. The molecule has 226 valence electrons. The van der Waals surface area contributed by atoms with E-state index in [1.165, 1.54) is 103 Å². The number of aromatic nitrogens is 1. The first-order valence-corrected chi connectivity index (χ1v) is 17.0. The van der Waals surface area contributed by atoms with Gasteiger partial charge in [0.05, 0.1) is 5.52 Å². The Morgan fingerprint density at radius 2 is 0.776 bits per heavy atom. The van der Waals surface area contributed by atoms with Crippen molar-refractivity contribution in [2.45, 2.75) is 0 Å². The Bertz CT molecular complexity index is 3100. The van der Waals surface area contributed by atoms with Crippen molar-refractivity contribution in [2.75, 3.05) is 0 Å². The van der Waals surface area contributed by atoms with Gasteiger partial charge >= 0.3 is 0 Å². The van der Waals surface area contributed by atoms with Gasteiger partial charge in [0.2, 0.25) is 0 Å². The van der Waals surface area contributed by atoms with E-state index >= 15 is 0 Å². The van der Waals surface area contributed by atoms with Gasteiger partial charge in [0, 0.05) is 21.7 Å². The van der Waals surface area contributed by atoms with Gasteiger partial charge in [-0.25, -0.2) is 0 Å². The quantitative estimate of drug-likeness (QED) is 0.146. The van der Waals surface area contributed by atoms with Gasteiger partial charge in [-0.05, 0) is 99.7 Å². The fourth-order valence-corrected chi connectivity index (χ4v) is 8.69. The summed E-state index contributed by atoms with van der Waals surface area (Å²) in [5.74, 6) is 0. The predicted molar refractivity (Wildman–Crippen MR) is 212 cm³/mol. The van der Waals surface area contributed by atoms with Crippen molar-refractivity contribution >= 4 is 86.4 Å². The van der Waals surface area contributed by atoms with Gasteiger partial charge in [-0.2, -0.15) is 0 Å². The van der Waals surface area contributed by atoms with E-state index in [0.29, 0.717) is 0 Å². The molecule has 49 heavy (non-hydrogen) atoms. The first kappa shape index (κ1) is 26.6. The predicted octanol–water partition coefficient (Wildman–Crippen LogP) is 13.6. The van der Waals surface area contributed by atoms with E-state index in [2.05, 4.69) is 175 Å². The molecule has 0 aliphatic heterocycles. The normalized spacial score (nSPS) is 12.1. The lowest BCUT2D eigenvalue weighted by molar-refractivity contribution is 1.56. The summed E-state index contributed by atoms with van der Waals surface area (Å²) < 4.78 is 0. The van der Waals surface area contributed by atoms with Crippen LogP contribution in [0.3, 0.4) is 0 Å². The summed E-state index contributed by atoms with van der Waals surface area (Å²) in [6.07, 6.45) is 0. The highest BCUT2D eigenvalue weighted by molar-refractivity contribution is 6.32. The monoisotopic (exact) mass is 619 g/mol. The molecule has 0 saturated heterocycles. The molecule has 11 rings (SSSR count). The van der Waals surface area contributed by atoms with Gasteiger partial charge in [-0.15, -0.1) is 0 Å². The summed E-state index contributed by atoms with van der Waals surface area (Å²) in [6.45, 7) is 0. The van der Waals surface area contributed by atoms with E-state index < -0.39 is 0 Å². The van der Waals surface area contributed by atoms with Gasteiger partial charge in [-0.3, -0.25) is 0 Å². The van der Waals surface area contributed by atoms with E-state index in [1.54, 1.807) is 0 Å². The van der Waals surface area contributed by atoms with Crippen LogP contribution in [0.15, 0.2) is 170 Å². The summed E-state index contributed by atoms with van der Waals surface area (Å²) >= 11 is 0. The highest BCUT2D eigenvalue weighted by Gasteiger charge is 2.20. The zero-order valence-electron chi connectivity index (χ0n) is 26.7. The standard InChI is InChI=1S/C48H29N/c1-2-14-31-29(13-1)27-42(35-18-4-3-15-32(31)35)46-39-22-10-8-20-37(39)45(38-21-9-11-23-40(38)46)30-25-26-44-43(28-30)47-36-19-7-5-16-33(36)34-17-6-12-24-41(34)48(47)49-44/h1-28,49H. The number of hydrogen-bond donors (Lipinski definition) is 1. The van der Waals surface area contributed by atoms with Gasteiger partial charge < -0.3 is 4.98 Å². The molecule has 10 aromatic carbocycles. The molecule has 1 heterocycles. The Morgan fingerprint density at radius 1 is 0.306 bits per heavy atom. The average Bonchev–Trinajstić information content (AvgIpc) is 3.56. The molecule has 1 heteroatoms. The molecule has 0 unspecified atom stereocenters. The van der Waals surface area contributed by atoms with E-state index in [-0.39, 0.29) is 0 Å². The lowest BCUT2D eigenvalue weighted by Crippen LogP contribution is -1.92.